The summed E-state index contributed by atoms with van der Waals surface area (Å²) in [6.45, 7) is 4.23. The average molecular weight is 752 g/mol. The molecule has 4 nitrogen and oxygen atoms in total. The Labute approximate surface area is 336 Å². The SMILES string of the molecule is CC/C=C\C/C=C\C/C=C\C/C=C\C/C=C\C/C=C\CCCCC(=O)NC(CO)C(O)CCCCCCCCCCCCCCCCCCCCCCC. The molecule has 0 spiro atoms. The molecule has 312 valence electrons. The van der Waals surface area contributed by atoms with Crippen molar-refractivity contribution in [2.24, 2.45) is 0 Å². The molecule has 0 fully saturated rings. The van der Waals surface area contributed by atoms with E-state index in [1.54, 1.807) is 0 Å². The molecule has 2 unspecified atom stereocenters. The van der Waals surface area contributed by atoms with Crippen LogP contribution >= 0.6 is 0 Å². The quantitative estimate of drug-likeness (QED) is 0.0430. The van der Waals surface area contributed by atoms with E-state index in [9.17, 15) is 15.0 Å². The second kappa shape index (κ2) is 45.2. The van der Waals surface area contributed by atoms with Crippen LogP contribution in [0, 0.1) is 0 Å². The maximum atomic E-state index is 12.4. The number of hydrogen-bond acceptors (Lipinski definition) is 3. The molecule has 0 saturated carbocycles. The highest BCUT2D eigenvalue weighted by Gasteiger charge is 2.19. The van der Waals surface area contributed by atoms with Crippen LogP contribution in [0.1, 0.15) is 219 Å². The van der Waals surface area contributed by atoms with Gasteiger partial charge in [-0.05, 0) is 64.2 Å². The Morgan fingerprint density at radius 1 is 0.463 bits per heavy atom. The molecule has 4 heteroatoms. The number of aliphatic hydroxyl groups is 2. The van der Waals surface area contributed by atoms with E-state index in [0.717, 1.165) is 70.6 Å². The van der Waals surface area contributed by atoms with Crippen molar-refractivity contribution in [2.45, 2.75) is 231 Å². The van der Waals surface area contributed by atoms with Crippen molar-refractivity contribution < 1.29 is 15.0 Å². The van der Waals surface area contributed by atoms with E-state index in [4.69, 9.17) is 0 Å². The van der Waals surface area contributed by atoms with Crippen molar-refractivity contribution in [2.75, 3.05) is 6.61 Å². The molecular formula is C50H89NO3. The van der Waals surface area contributed by atoms with E-state index in [0.29, 0.717) is 12.8 Å². The number of rotatable bonds is 41. The van der Waals surface area contributed by atoms with Gasteiger partial charge < -0.3 is 15.5 Å². The van der Waals surface area contributed by atoms with Crippen molar-refractivity contribution in [3.8, 4) is 0 Å². The number of allylic oxidation sites excluding steroid dienone is 12. The average Bonchev–Trinajstić information content (AvgIpc) is 3.18. The molecule has 0 rings (SSSR count). The molecule has 0 aliphatic rings. The van der Waals surface area contributed by atoms with Gasteiger partial charge in [-0.1, -0.05) is 222 Å². The molecule has 0 heterocycles. The predicted molar refractivity (Wildman–Crippen MR) is 239 cm³/mol. The fourth-order valence-corrected chi connectivity index (χ4v) is 6.72. The standard InChI is InChI=1S/C50H89NO3/c1-3-5-7-9-11-13-15-17-19-21-23-25-27-29-31-33-35-37-39-41-43-45-49(53)48(47-52)51-50(54)46-44-42-40-38-36-34-32-30-28-26-24-22-20-18-16-14-12-10-8-6-4-2/h6,8,12,14,18,20,24,26,30,32,36,38,48-49,52-53H,3-5,7,9-11,13,15-17,19,21-23,25,27-29,31,33-35,37,39-47H2,1-2H3,(H,51,54)/b8-6-,14-12-,20-18-,26-24-,32-30-,38-36-. The fraction of sp³-hybridized carbons (Fsp3) is 0.740. The molecule has 0 radical (unpaired) electrons. The molecule has 54 heavy (non-hydrogen) atoms. The van der Waals surface area contributed by atoms with Crippen LogP contribution in [0.2, 0.25) is 0 Å². The summed E-state index contributed by atoms with van der Waals surface area (Å²) in [5.74, 6) is -0.0744. The fourth-order valence-electron chi connectivity index (χ4n) is 6.72. The molecule has 0 aromatic carbocycles. The third-order valence-corrected chi connectivity index (χ3v) is 10.2. The second-order valence-corrected chi connectivity index (χ2v) is 15.4. The highest BCUT2D eigenvalue weighted by Crippen LogP contribution is 2.16. The Kier molecular flexibility index (Phi) is 43.4. The topological polar surface area (TPSA) is 69.6 Å². The summed E-state index contributed by atoms with van der Waals surface area (Å²) in [6.07, 6.45) is 64.1. The van der Waals surface area contributed by atoms with Gasteiger partial charge >= 0.3 is 0 Å². The van der Waals surface area contributed by atoms with E-state index < -0.39 is 12.1 Å². The first-order valence-electron chi connectivity index (χ1n) is 23.1. The summed E-state index contributed by atoms with van der Waals surface area (Å²) in [6, 6.07) is -0.564. The van der Waals surface area contributed by atoms with Crippen LogP contribution in [0.4, 0.5) is 0 Å². The van der Waals surface area contributed by atoms with Crippen molar-refractivity contribution in [1.29, 1.82) is 0 Å². The number of aliphatic hydroxyl groups excluding tert-OH is 2. The number of nitrogens with one attached hydrogen (secondary N) is 1. The van der Waals surface area contributed by atoms with Gasteiger partial charge in [-0.15, -0.1) is 0 Å². The Balaban J connectivity index is 3.62. The highest BCUT2D eigenvalue weighted by atomic mass is 16.3. The van der Waals surface area contributed by atoms with Gasteiger partial charge in [0.2, 0.25) is 5.91 Å². The predicted octanol–water partition coefficient (Wildman–Crippen LogP) is 14.7. The minimum atomic E-state index is -0.682. The van der Waals surface area contributed by atoms with Crippen molar-refractivity contribution in [1.82, 2.24) is 5.32 Å². The second-order valence-electron chi connectivity index (χ2n) is 15.4. The van der Waals surface area contributed by atoms with E-state index in [-0.39, 0.29) is 12.5 Å². The summed E-state index contributed by atoms with van der Waals surface area (Å²) in [7, 11) is 0. The zero-order chi connectivity index (χ0) is 39.3. The van der Waals surface area contributed by atoms with Gasteiger partial charge in [0.1, 0.15) is 0 Å². The first kappa shape index (κ1) is 51.8. The molecule has 0 aliphatic carbocycles. The molecule has 0 saturated heterocycles. The minimum Gasteiger partial charge on any atom is -0.394 e. The molecule has 0 aliphatic heterocycles. The molecule has 3 N–H and O–H groups in total. The Hall–Kier alpha value is -2.17. The van der Waals surface area contributed by atoms with Crippen LogP contribution in [0.3, 0.4) is 0 Å². The molecule has 2 atom stereocenters. The number of hydrogen-bond donors (Lipinski definition) is 3. The van der Waals surface area contributed by atoms with Gasteiger partial charge in [0, 0.05) is 6.42 Å². The number of carbonyl (C=O) groups is 1. The van der Waals surface area contributed by atoms with Crippen LogP contribution in [0.15, 0.2) is 72.9 Å². The van der Waals surface area contributed by atoms with Crippen LogP contribution in [-0.4, -0.2) is 34.9 Å². The molecule has 1 amide bonds. The van der Waals surface area contributed by atoms with Gasteiger partial charge in [-0.25, -0.2) is 0 Å². The largest absolute Gasteiger partial charge is 0.394 e. The zero-order valence-electron chi connectivity index (χ0n) is 35.7. The van der Waals surface area contributed by atoms with Gasteiger partial charge in [0.15, 0.2) is 0 Å². The maximum Gasteiger partial charge on any atom is 0.220 e. The third kappa shape index (κ3) is 41.0. The lowest BCUT2D eigenvalue weighted by atomic mass is 10.0. The normalized spacial score (nSPS) is 13.6. The number of amides is 1. The smallest absolute Gasteiger partial charge is 0.220 e. The number of carbonyl (C=O) groups excluding carboxylic acids is 1. The van der Waals surface area contributed by atoms with Crippen molar-refractivity contribution in [3.63, 3.8) is 0 Å². The maximum absolute atomic E-state index is 12.4. The molecule has 0 aromatic heterocycles. The van der Waals surface area contributed by atoms with E-state index in [1.807, 2.05) is 0 Å². The van der Waals surface area contributed by atoms with E-state index in [1.165, 1.54) is 122 Å². The summed E-state index contributed by atoms with van der Waals surface area (Å²) >= 11 is 0. The Morgan fingerprint density at radius 2 is 0.815 bits per heavy atom. The molecule has 0 aromatic rings. The number of unbranched alkanes of at least 4 members (excludes halogenated alkanes) is 22. The zero-order valence-corrected chi connectivity index (χ0v) is 35.7. The van der Waals surface area contributed by atoms with Crippen LogP contribution < -0.4 is 5.32 Å². The van der Waals surface area contributed by atoms with Gasteiger partial charge in [-0.3, -0.25) is 4.79 Å². The lowest BCUT2D eigenvalue weighted by Crippen LogP contribution is -2.45. The van der Waals surface area contributed by atoms with Gasteiger partial charge in [0.05, 0.1) is 18.8 Å². The first-order valence-corrected chi connectivity index (χ1v) is 23.1. The Bertz CT molecular complexity index is 946. The lowest BCUT2D eigenvalue weighted by Gasteiger charge is -2.22. The highest BCUT2D eigenvalue weighted by molar-refractivity contribution is 5.76. The van der Waals surface area contributed by atoms with Crippen LogP contribution in [-0.2, 0) is 4.79 Å². The summed E-state index contributed by atoms with van der Waals surface area (Å²) in [5, 5.41) is 23.2. The monoisotopic (exact) mass is 752 g/mol. The molecular weight excluding hydrogens is 663 g/mol. The first-order chi connectivity index (χ1) is 26.7. The summed E-state index contributed by atoms with van der Waals surface area (Å²) < 4.78 is 0. The van der Waals surface area contributed by atoms with Gasteiger partial charge in [0.25, 0.3) is 0 Å². The van der Waals surface area contributed by atoms with Crippen LogP contribution in [0.25, 0.3) is 0 Å². The summed E-state index contributed by atoms with van der Waals surface area (Å²) in [5.41, 5.74) is 0. The Morgan fingerprint density at radius 3 is 1.19 bits per heavy atom. The summed E-state index contributed by atoms with van der Waals surface area (Å²) in [4.78, 5) is 12.4. The third-order valence-electron chi connectivity index (χ3n) is 10.2. The minimum absolute atomic E-state index is 0.0744. The molecule has 0 bridgehead atoms. The van der Waals surface area contributed by atoms with Crippen molar-refractivity contribution in [3.05, 3.63) is 72.9 Å². The lowest BCUT2D eigenvalue weighted by molar-refractivity contribution is -0.123. The van der Waals surface area contributed by atoms with E-state index >= 15 is 0 Å². The van der Waals surface area contributed by atoms with Gasteiger partial charge in [-0.2, -0.15) is 0 Å². The van der Waals surface area contributed by atoms with Crippen LogP contribution in [0.5, 0.6) is 0 Å². The van der Waals surface area contributed by atoms with Crippen molar-refractivity contribution >= 4 is 5.91 Å². The van der Waals surface area contributed by atoms with E-state index in [2.05, 4.69) is 92.1 Å².